The molecule has 0 atom stereocenters. The van der Waals surface area contributed by atoms with Crippen molar-refractivity contribution >= 4 is 46.5 Å². The van der Waals surface area contributed by atoms with E-state index in [1.165, 1.54) is 0 Å². The Morgan fingerprint density at radius 2 is 1.73 bits per heavy atom. The van der Waals surface area contributed by atoms with Crippen LogP contribution in [0, 0.1) is 0 Å². The number of ether oxygens (including phenoxy) is 2. The molecule has 0 spiro atoms. The SMILES string of the molecule is CCOc1cc(Cl)c(C=C2SC(=O)N(CC(=O)N3CCCCC3)C2=O)cc1OCC. The quantitative estimate of drug-likeness (QED) is 0.577. The number of hydrogen-bond acceptors (Lipinski definition) is 6. The lowest BCUT2D eigenvalue weighted by molar-refractivity contribution is -0.136. The van der Waals surface area contributed by atoms with Gasteiger partial charge >= 0.3 is 0 Å². The molecule has 0 saturated carbocycles. The van der Waals surface area contributed by atoms with Crippen LogP contribution in [0.5, 0.6) is 11.5 Å². The van der Waals surface area contributed by atoms with Crippen molar-refractivity contribution in [3.8, 4) is 11.5 Å². The van der Waals surface area contributed by atoms with Gasteiger partial charge in [0.15, 0.2) is 11.5 Å². The summed E-state index contributed by atoms with van der Waals surface area (Å²) in [5, 5.41) is -0.0817. The molecule has 0 radical (unpaired) electrons. The molecule has 0 unspecified atom stereocenters. The Bertz CT molecular complexity index is 867. The van der Waals surface area contributed by atoms with Gasteiger partial charge in [-0.3, -0.25) is 19.3 Å². The van der Waals surface area contributed by atoms with Crippen LogP contribution in [0.4, 0.5) is 4.79 Å². The summed E-state index contributed by atoms with van der Waals surface area (Å²) in [5.41, 5.74) is 0.538. The van der Waals surface area contributed by atoms with E-state index >= 15 is 0 Å². The van der Waals surface area contributed by atoms with Gasteiger partial charge in [-0.2, -0.15) is 0 Å². The summed E-state index contributed by atoms with van der Waals surface area (Å²) in [7, 11) is 0. The van der Waals surface area contributed by atoms with E-state index in [0.717, 1.165) is 35.9 Å². The molecule has 30 heavy (non-hydrogen) atoms. The number of amides is 3. The summed E-state index contributed by atoms with van der Waals surface area (Å²) in [4.78, 5) is 40.6. The van der Waals surface area contributed by atoms with Crippen LogP contribution in [-0.2, 0) is 9.59 Å². The van der Waals surface area contributed by atoms with E-state index < -0.39 is 11.1 Å². The number of halogens is 1. The monoisotopic (exact) mass is 452 g/mol. The molecule has 2 fully saturated rings. The molecule has 0 aromatic heterocycles. The Labute approximate surface area is 185 Å². The zero-order valence-corrected chi connectivity index (χ0v) is 18.7. The molecule has 7 nitrogen and oxygen atoms in total. The van der Waals surface area contributed by atoms with Crippen LogP contribution in [0.15, 0.2) is 17.0 Å². The van der Waals surface area contributed by atoms with Crippen LogP contribution >= 0.6 is 23.4 Å². The number of nitrogens with zero attached hydrogens (tertiary/aromatic N) is 2. The van der Waals surface area contributed by atoms with Crippen molar-refractivity contribution in [2.45, 2.75) is 33.1 Å². The average molecular weight is 453 g/mol. The Morgan fingerprint density at radius 3 is 2.37 bits per heavy atom. The molecule has 2 heterocycles. The number of piperidine rings is 1. The molecular weight excluding hydrogens is 428 g/mol. The minimum Gasteiger partial charge on any atom is -0.490 e. The van der Waals surface area contributed by atoms with Gasteiger partial charge in [-0.1, -0.05) is 11.6 Å². The van der Waals surface area contributed by atoms with Gasteiger partial charge in [-0.25, -0.2) is 0 Å². The van der Waals surface area contributed by atoms with E-state index in [2.05, 4.69) is 0 Å². The number of hydrogen-bond donors (Lipinski definition) is 0. The number of benzene rings is 1. The van der Waals surface area contributed by atoms with Crippen LogP contribution in [0.1, 0.15) is 38.7 Å². The maximum absolute atomic E-state index is 12.8. The van der Waals surface area contributed by atoms with E-state index in [0.29, 0.717) is 48.4 Å². The number of carbonyl (C=O) groups excluding carboxylic acids is 3. The number of thioether (sulfide) groups is 1. The smallest absolute Gasteiger partial charge is 0.294 e. The first kappa shape index (κ1) is 22.5. The largest absolute Gasteiger partial charge is 0.490 e. The Kier molecular flexibility index (Phi) is 7.66. The van der Waals surface area contributed by atoms with Crippen LogP contribution in [0.2, 0.25) is 5.02 Å². The van der Waals surface area contributed by atoms with Gasteiger partial charge in [0, 0.05) is 19.2 Å². The van der Waals surface area contributed by atoms with Gasteiger partial charge in [0.25, 0.3) is 11.1 Å². The van der Waals surface area contributed by atoms with Crippen molar-refractivity contribution in [3.63, 3.8) is 0 Å². The zero-order chi connectivity index (χ0) is 21.7. The Hall–Kier alpha value is -2.19. The second-order valence-corrected chi connectivity index (χ2v) is 8.30. The molecule has 0 bridgehead atoms. The predicted molar refractivity (Wildman–Crippen MR) is 117 cm³/mol. The van der Waals surface area contributed by atoms with Crippen LogP contribution in [0.25, 0.3) is 6.08 Å². The summed E-state index contributed by atoms with van der Waals surface area (Å²) >= 11 is 7.17. The highest BCUT2D eigenvalue weighted by Crippen LogP contribution is 2.38. The number of rotatable bonds is 7. The maximum Gasteiger partial charge on any atom is 0.294 e. The van der Waals surface area contributed by atoms with Crippen molar-refractivity contribution in [1.82, 2.24) is 9.80 Å². The molecule has 2 aliphatic heterocycles. The number of likely N-dealkylation sites (tertiary alicyclic amines) is 1. The molecule has 3 amide bonds. The first-order valence-electron chi connectivity index (χ1n) is 10.1. The van der Waals surface area contributed by atoms with E-state index in [-0.39, 0.29) is 17.4 Å². The van der Waals surface area contributed by atoms with Crippen LogP contribution in [0.3, 0.4) is 0 Å². The topological polar surface area (TPSA) is 76.2 Å². The molecule has 162 valence electrons. The standard InChI is InChI=1S/C21H25ClN2O5S/c1-3-28-16-10-14(15(22)12-17(16)29-4-2)11-18-20(26)24(21(27)30-18)13-19(25)23-8-6-5-7-9-23/h10-12H,3-9,13H2,1-2H3. The molecule has 0 aliphatic carbocycles. The van der Waals surface area contributed by atoms with Gasteiger partial charge in [0.05, 0.1) is 23.1 Å². The van der Waals surface area contributed by atoms with Crippen molar-refractivity contribution in [2.75, 3.05) is 32.8 Å². The third-order valence-corrected chi connectivity index (χ3v) is 6.06. The fourth-order valence-electron chi connectivity index (χ4n) is 3.35. The van der Waals surface area contributed by atoms with Gasteiger partial charge in [-0.05, 0) is 62.6 Å². The van der Waals surface area contributed by atoms with Gasteiger partial charge < -0.3 is 14.4 Å². The van der Waals surface area contributed by atoms with Crippen LogP contribution in [-0.4, -0.2) is 59.7 Å². The van der Waals surface area contributed by atoms with Crippen molar-refractivity contribution in [3.05, 3.63) is 27.6 Å². The van der Waals surface area contributed by atoms with E-state index in [9.17, 15) is 14.4 Å². The number of carbonyl (C=O) groups is 3. The van der Waals surface area contributed by atoms with Crippen molar-refractivity contribution < 1.29 is 23.9 Å². The van der Waals surface area contributed by atoms with E-state index in [4.69, 9.17) is 21.1 Å². The van der Waals surface area contributed by atoms with Gasteiger partial charge in [0.1, 0.15) is 6.54 Å². The summed E-state index contributed by atoms with van der Waals surface area (Å²) in [5.74, 6) is 0.338. The molecule has 1 aromatic rings. The zero-order valence-electron chi connectivity index (χ0n) is 17.1. The summed E-state index contributed by atoms with van der Waals surface area (Å²) in [6, 6.07) is 3.32. The summed E-state index contributed by atoms with van der Waals surface area (Å²) in [6.07, 6.45) is 4.55. The highest BCUT2D eigenvalue weighted by Gasteiger charge is 2.37. The lowest BCUT2D eigenvalue weighted by atomic mass is 10.1. The van der Waals surface area contributed by atoms with Crippen molar-refractivity contribution in [2.24, 2.45) is 0 Å². The molecular formula is C21H25ClN2O5S. The second kappa shape index (κ2) is 10.2. The normalized spacial score (nSPS) is 18.3. The molecule has 3 rings (SSSR count). The van der Waals surface area contributed by atoms with Crippen molar-refractivity contribution in [1.29, 1.82) is 0 Å². The first-order chi connectivity index (χ1) is 14.4. The maximum atomic E-state index is 12.8. The minimum absolute atomic E-state index is 0.198. The third-order valence-electron chi connectivity index (χ3n) is 4.83. The first-order valence-corrected chi connectivity index (χ1v) is 11.3. The summed E-state index contributed by atoms with van der Waals surface area (Å²) in [6.45, 7) is 5.73. The fourth-order valence-corrected chi connectivity index (χ4v) is 4.39. The average Bonchev–Trinajstić information content (AvgIpc) is 2.99. The highest BCUT2D eigenvalue weighted by molar-refractivity contribution is 8.18. The lowest BCUT2D eigenvalue weighted by Gasteiger charge is -2.27. The molecule has 9 heteroatoms. The lowest BCUT2D eigenvalue weighted by Crippen LogP contribution is -2.44. The predicted octanol–water partition coefficient (Wildman–Crippen LogP) is 4.19. The Morgan fingerprint density at radius 1 is 1.10 bits per heavy atom. The minimum atomic E-state index is -0.488. The number of imide groups is 1. The van der Waals surface area contributed by atoms with Crippen LogP contribution < -0.4 is 9.47 Å². The fraction of sp³-hybridized carbons (Fsp3) is 0.476. The molecule has 2 aliphatic rings. The third kappa shape index (κ3) is 5.10. The molecule has 0 N–H and O–H groups in total. The van der Waals surface area contributed by atoms with E-state index in [1.54, 1.807) is 23.1 Å². The Balaban J connectivity index is 1.79. The van der Waals surface area contributed by atoms with E-state index in [1.807, 2.05) is 13.8 Å². The molecule has 2 saturated heterocycles. The summed E-state index contributed by atoms with van der Waals surface area (Å²) < 4.78 is 11.2. The van der Waals surface area contributed by atoms with Gasteiger partial charge in [-0.15, -0.1) is 0 Å². The molecule has 1 aromatic carbocycles. The highest BCUT2D eigenvalue weighted by atomic mass is 35.5. The second-order valence-electron chi connectivity index (χ2n) is 6.90. The van der Waals surface area contributed by atoms with Gasteiger partial charge in [0.2, 0.25) is 5.91 Å².